The van der Waals surface area contributed by atoms with Crippen LogP contribution in [0.25, 0.3) is 0 Å². The molecule has 3 nitrogen and oxygen atoms in total. The van der Waals surface area contributed by atoms with E-state index in [2.05, 4.69) is 35.4 Å². The molecule has 1 aromatic carbocycles. The number of rotatable bonds is 3. The van der Waals surface area contributed by atoms with E-state index in [9.17, 15) is 0 Å². The molecule has 1 aromatic rings. The second kappa shape index (κ2) is 5.25. The lowest BCUT2D eigenvalue weighted by Crippen LogP contribution is -2.18. The number of methoxy groups -OCH3 is 1. The Bertz CT molecular complexity index is 404. The highest BCUT2D eigenvalue weighted by Gasteiger charge is 2.09. The van der Waals surface area contributed by atoms with Crippen molar-refractivity contribution >= 4 is 16.9 Å². The van der Waals surface area contributed by atoms with Crippen LogP contribution in [-0.4, -0.2) is 24.6 Å². The molecule has 0 saturated heterocycles. The zero-order valence-electron chi connectivity index (χ0n) is 9.62. The number of benzene rings is 1. The lowest BCUT2D eigenvalue weighted by molar-refractivity contribution is 0.406. The van der Waals surface area contributed by atoms with E-state index >= 15 is 0 Å². The minimum absolute atomic E-state index is 0.774. The van der Waals surface area contributed by atoms with E-state index in [4.69, 9.17) is 4.74 Å². The molecule has 1 N–H and O–H groups in total. The molecule has 0 spiro atoms. The van der Waals surface area contributed by atoms with Gasteiger partial charge in [0.05, 0.1) is 13.7 Å². The monoisotopic (exact) mass is 236 g/mol. The molecule has 0 fully saturated rings. The fourth-order valence-corrected chi connectivity index (χ4v) is 2.49. The van der Waals surface area contributed by atoms with Crippen LogP contribution >= 0.6 is 11.8 Å². The summed E-state index contributed by atoms with van der Waals surface area (Å²) in [5.41, 5.74) is 2.35. The van der Waals surface area contributed by atoms with Crippen molar-refractivity contribution in [2.24, 2.45) is 4.99 Å². The van der Waals surface area contributed by atoms with E-state index in [0.717, 1.165) is 29.8 Å². The third kappa shape index (κ3) is 2.50. The molecular weight excluding hydrogens is 220 g/mol. The van der Waals surface area contributed by atoms with Crippen LogP contribution in [0.15, 0.2) is 23.2 Å². The number of amidine groups is 1. The molecule has 0 radical (unpaired) electrons. The lowest BCUT2D eigenvalue weighted by Gasteiger charge is -2.12. The highest BCUT2D eigenvalue weighted by atomic mass is 32.2. The van der Waals surface area contributed by atoms with Crippen molar-refractivity contribution in [3.63, 3.8) is 0 Å². The van der Waals surface area contributed by atoms with E-state index in [-0.39, 0.29) is 0 Å². The van der Waals surface area contributed by atoms with Crippen molar-refractivity contribution in [2.45, 2.75) is 13.5 Å². The second-order valence-corrected chi connectivity index (χ2v) is 4.74. The molecule has 0 atom stereocenters. The standard InChI is InChI=1S/C12H16N2OS/c1-9-4-3-5-10(11(9)15-2)8-14-12-13-6-7-16-12/h3-5H,6-8H2,1-2H3,(H,13,14). The summed E-state index contributed by atoms with van der Waals surface area (Å²) in [4.78, 5) is 4.36. The molecule has 86 valence electrons. The van der Waals surface area contributed by atoms with Crippen molar-refractivity contribution in [3.8, 4) is 5.75 Å². The molecule has 16 heavy (non-hydrogen) atoms. The van der Waals surface area contributed by atoms with E-state index in [1.54, 1.807) is 18.9 Å². The Morgan fingerprint density at radius 1 is 1.50 bits per heavy atom. The Kier molecular flexibility index (Phi) is 3.72. The SMILES string of the molecule is COc1c(C)cccc1CNC1=NCCS1. The number of ether oxygens (including phenoxy) is 1. The average Bonchev–Trinajstić information content (AvgIpc) is 2.79. The molecule has 0 aromatic heterocycles. The molecule has 0 bridgehead atoms. The van der Waals surface area contributed by atoms with Crippen molar-refractivity contribution in [1.29, 1.82) is 0 Å². The van der Waals surface area contributed by atoms with Gasteiger partial charge in [-0.05, 0) is 12.5 Å². The van der Waals surface area contributed by atoms with Crippen LogP contribution in [0.4, 0.5) is 0 Å². The lowest BCUT2D eigenvalue weighted by atomic mass is 10.1. The van der Waals surface area contributed by atoms with Gasteiger partial charge in [0.15, 0.2) is 5.17 Å². The molecule has 2 rings (SSSR count). The first kappa shape index (κ1) is 11.3. The summed E-state index contributed by atoms with van der Waals surface area (Å²) < 4.78 is 5.40. The van der Waals surface area contributed by atoms with Gasteiger partial charge in [-0.25, -0.2) is 0 Å². The highest BCUT2D eigenvalue weighted by Crippen LogP contribution is 2.23. The third-order valence-electron chi connectivity index (χ3n) is 2.51. The smallest absolute Gasteiger partial charge is 0.156 e. The maximum Gasteiger partial charge on any atom is 0.156 e. The second-order valence-electron chi connectivity index (χ2n) is 3.66. The number of nitrogens with zero attached hydrogens (tertiary/aromatic N) is 1. The highest BCUT2D eigenvalue weighted by molar-refractivity contribution is 8.14. The van der Waals surface area contributed by atoms with Crippen molar-refractivity contribution in [1.82, 2.24) is 5.32 Å². The minimum Gasteiger partial charge on any atom is -0.496 e. The van der Waals surface area contributed by atoms with Crippen LogP contribution in [0, 0.1) is 6.92 Å². The molecule has 1 heterocycles. The van der Waals surface area contributed by atoms with E-state index in [1.165, 1.54) is 11.1 Å². The van der Waals surface area contributed by atoms with Crippen LogP contribution in [0.1, 0.15) is 11.1 Å². The van der Waals surface area contributed by atoms with Gasteiger partial charge in [0.2, 0.25) is 0 Å². The van der Waals surface area contributed by atoms with Gasteiger partial charge < -0.3 is 10.1 Å². The predicted octanol–water partition coefficient (Wildman–Crippen LogP) is 2.20. The quantitative estimate of drug-likeness (QED) is 0.873. The largest absolute Gasteiger partial charge is 0.496 e. The summed E-state index contributed by atoms with van der Waals surface area (Å²) in [7, 11) is 1.72. The number of nitrogens with one attached hydrogen (secondary N) is 1. The first-order valence-electron chi connectivity index (χ1n) is 5.35. The fraction of sp³-hybridized carbons (Fsp3) is 0.417. The summed E-state index contributed by atoms with van der Waals surface area (Å²) in [5, 5.41) is 4.38. The maximum absolute atomic E-state index is 5.40. The van der Waals surface area contributed by atoms with Gasteiger partial charge in [0.1, 0.15) is 5.75 Å². The zero-order chi connectivity index (χ0) is 11.4. The summed E-state index contributed by atoms with van der Waals surface area (Å²) >= 11 is 1.78. The first-order valence-corrected chi connectivity index (χ1v) is 6.33. The van der Waals surface area contributed by atoms with Gasteiger partial charge in [0, 0.05) is 17.9 Å². The first-order chi connectivity index (χ1) is 7.81. The number of aliphatic imine (C=N–C) groups is 1. The van der Waals surface area contributed by atoms with Crippen LogP contribution in [0.3, 0.4) is 0 Å². The molecule has 0 aliphatic carbocycles. The van der Waals surface area contributed by atoms with Crippen LogP contribution in [-0.2, 0) is 6.54 Å². The van der Waals surface area contributed by atoms with Gasteiger partial charge in [0.25, 0.3) is 0 Å². The third-order valence-corrected chi connectivity index (χ3v) is 3.45. The molecule has 1 aliphatic rings. The Morgan fingerprint density at radius 3 is 3.06 bits per heavy atom. The van der Waals surface area contributed by atoms with E-state index < -0.39 is 0 Å². The fourth-order valence-electron chi connectivity index (χ4n) is 1.76. The molecule has 0 saturated carbocycles. The number of hydrogen-bond acceptors (Lipinski definition) is 4. The summed E-state index contributed by atoms with van der Waals surface area (Å²) in [5.74, 6) is 2.06. The number of thioether (sulfide) groups is 1. The summed E-state index contributed by atoms with van der Waals surface area (Å²) in [6.07, 6.45) is 0. The number of para-hydroxylation sites is 1. The Balaban J connectivity index is 2.05. The average molecular weight is 236 g/mol. The van der Waals surface area contributed by atoms with E-state index in [1.807, 2.05) is 0 Å². The maximum atomic E-state index is 5.40. The molecule has 1 aliphatic heterocycles. The van der Waals surface area contributed by atoms with Gasteiger partial charge in [-0.3, -0.25) is 4.99 Å². The summed E-state index contributed by atoms with van der Waals surface area (Å²) in [6.45, 7) is 3.76. The van der Waals surface area contributed by atoms with Crippen molar-refractivity contribution < 1.29 is 4.74 Å². The van der Waals surface area contributed by atoms with Crippen LogP contribution in [0.2, 0.25) is 0 Å². The Hall–Kier alpha value is -1.16. The van der Waals surface area contributed by atoms with Crippen molar-refractivity contribution in [2.75, 3.05) is 19.4 Å². The number of aryl methyl sites for hydroxylation is 1. The number of hydrogen-bond donors (Lipinski definition) is 1. The minimum atomic E-state index is 0.774. The van der Waals surface area contributed by atoms with Gasteiger partial charge >= 0.3 is 0 Å². The molecular formula is C12H16N2OS. The van der Waals surface area contributed by atoms with Gasteiger partial charge in [-0.1, -0.05) is 30.0 Å². The van der Waals surface area contributed by atoms with E-state index in [0.29, 0.717) is 0 Å². The predicted molar refractivity (Wildman–Crippen MR) is 69.3 cm³/mol. The topological polar surface area (TPSA) is 33.6 Å². The van der Waals surface area contributed by atoms with Crippen LogP contribution in [0.5, 0.6) is 5.75 Å². The Labute approximate surface area is 100 Å². The van der Waals surface area contributed by atoms with Crippen molar-refractivity contribution in [3.05, 3.63) is 29.3 Å². The van der Waals surface area contributed by atoms with Gasteiger partial charge in [-0.15, -0.1) is 0 Å². The molecule has 4 heteroatoms. The summed E-state index contributed by atoms with van der Waals surface area (Å²) in [6, 6.07) is 6.20. The zero-order valence-corrected chi connectivity index (χ0v) is 10.4. The molecule has 0 unspecified atom stereocenters. The normalized spacial score (nSPS) is 14.8. The Morgan fingerprint density at radius 2 is 2.38 bits per heavy atom. The molecule has 0 amide bonds. The van der Waals surface area contributed by atoms with Gasteiger partial charge in [-0.2, -0.15) is 0 Å². The van der Waals surface area contributed by atoms with Crippen LogP contribution < -0.4 is 10.1 Å².